The number of hydrogen-bond acceptors (Lipinski definition) is 1. The summed E-state index contributed by atoms with van der Waals surface area (Å²) in [5, 5.41) is 9.86. The van der Waals surface area contributed by atoms with Crippen molar-refractivity contribution < 1.29 is 21.4 Å². The van der Waals surface area contributed by atoms with E-state index in [0.29, 0.717) is 11.6 Å². The molecule has 0 radical (unpaired) electrons. The zero-order valence-corrected chi connectivity index (χ0v) is 17.5. The van der Waals surface area contributed by atoms with Crippen molar-refractivity contribution in [3.8, 4) is 0 Å². The monoisotopic (exact) mass is 367 g/mol. The molecule has 0 N–H and O–H groups in total. The van der Waals surface area contributed by atoms with E-state index in [1.807, 2.05) is 0 Å². The van der Waals surface area contributed by atoms with E-state index < -0.39 is 8.32 Å². The molecule has 20 heavy (non-hydrogen) atoms. The molecule has 2 atom stereocenters. The minimum Gasteiger partial charge on any atom is -1.00 e. The predicted molar refractivity (Wildman–Crippen MR) is 88.3 cm³/mol. The fourth-order valence-electron chi connectivity index (χ4n) is 2.32. The van der Waals surface area contributed by atoms with Gasteiger partial charge in [-0.2, -0.15) is 5.71 Å². The molecule has 1 aliphatic carbocycles. The van der Waals surface area contributed by atoms with Gasteiger partial charge in [0.15, 0.2) is 8.32 Å². The molecule has 0 fully saturated rings. The molecule has 0 aliphatic heterocycles. The normalized spacial score (nSPS) is 20.1. The topological polar surface area (TPSA) is 31.5 Å². The van der Waals surface area contributed by atoms with Gasteiger partial charge in [-0.3, -0.25) is 0 Å². The minimum absolute atomic E-state index is 0. The summed E-state index contributed by atoms with van der Waals surface area (Å²) in [6.07, 6.45) is 5.21. The van der Waals surface area contributed by atoms with Gasteiger partial charge in [-0.25, -0.2) is 0 Å². The second-order valence-corrected chi connectivity index (χ2v) is 10.8. The maximum atomic E-state index is 9.86. The molecule has 0 aromatic rings. The smallest absolute Gasteiger partial charge is 1.00 e. The summed E-state index contributed by atoms with van der Waals surface area (Å²) in [5.74, 6) is 0.597. The second-order valence-electron chi connectivity index (χ2n) is 6.35. The quantitative estimate of drug-likeness (QED) is 0.407. The molecule has 0 bridgehead atoms. The van der Waals surface area contributed by atoms with Crippen molar-refractivity contribution in [1.82, 2.24) is 0 Å². The van der Waals surface area contributed by atoms with Crippen LogP contribution in [0.3, 0.4) is 0 Å². The first-order valence-electron chi connectivity index (χ1n) is 6.75. The van der Waals surface area contributed by atoms with E-state index in [4.69, 9.17) is 4.43 Å². The van der Waals surface area contributed by atoms with Gasteiger partial charge < -0.3 is 26.8 Å². The van der Waals surface area contributed by atoms with E-state index in [1.54, 1.807) is 6.92 Å². The van der Waals surface area contributed by atoms with Crippen LogP contribution in [-0.4, -0.2) is 43.2 Å². The van der Waals surface area contributed by atoms with Gasteiger partial charge in [0.25, 0.3) is 0 Å². The van der Waals surface area contributed by atoms with E-state index >= 15 is 0 Å². The van der Waals surface area contributed by atoms with E-state index in [1.165, 1.54) is 11.1 Å². The largest absolute Gasteiger partial charge is 2.00 e. The van der Waals surface area contributed by atoms with Crippen molar-refractivity contribution >= 4 is 37.1 Å². The summed E-state index contributed by atoms with van der Waals surface area (Å²) >= 11 is 0. The number of nitrogens with zero attached hydrogens (tertiary/aromatic N) is 1. The van der Waals surface area contributed by atoms with Gasteiger partial charge in [0.2, 0.25) is 0 Å². The molecule has 2 nitrogen and oxygen atoms in total. The summed E-state index contributed by atoms with van der Waals surface area (Å²) in [6.45, 7) is 14.3. The van der Waals surface area contributed by atoms with Crippen molar-refractivity contribution in [3.05, 3.63) is 29.2 Å². The third-order valence-electron chi connectivity index (χ3n) is 3.33. The number of hydrogen-bond donors (Lipinski definition) is 0. The van der Waals surface area contributed by atoms with Gasteiger partial charge in [0.05, 0.1) is 6.10 Å². The Bertz CT molecular complexity index is 377. The van der Waals surface area contributed by atoms with E-state index in [2.05, 4.69) is 39.2 Å². The van der Waals surface area contributed by atoms with Crippen LogP contribution in [0.2, 0.25) is 19.6 Å². The third-order valence-corrected chi connectivity index (χ3v) is 4.27. The molecule has 0 heterocycles. The maximum absolute atomic E-state index is 9.86. The molecular formula is C15H26BrMgNOSi. The first-order chi connectivity index (χ1) is 8.20. The summed E-state index contributed by atoms with van der Waals surface area (Å²) < 4.78 is 6.10. The van der Waals surface area contributed by atoms with Gasteiger partial charge in [-0.1, -0.05) is 25.2 Å². The number of allylic oxidation sites excluding steroid dienone is 2. The van der Waals surface area contributed by atoms with Crippen LogP contribution in [0.5, 0.6) is 0 Å². The van der Waals surface area contributed by atoms with Crippen molar-refractivity contribution in [1.29, 1.82) is 0 Å². The first kappa shape index (κ1) is 22.8. The number of rotatable bonds is 5. The Labute approximate surface area is 152 Å². The molecule has 5 heteroatoms. The van der Waals surface area contributed by atoms with Gasteiger partial charge in [-0.15, -0.1) is 0 Å². The zero-order chi connectivity index (χ0) is 13.9. The summed E-state index contributed by atoms with van der Waals surface area (Å²) in [4.78, 5) is 0. The van der Waals surface area contributed by atoms with Gasteiger partial charge in [-0.05, 0) is 57.3 Å². The molecular weight excluding hydrogens is 342 g/mol. The Balaban J connectivity index is 0. The Morgan fingerprint density at radius 2 is 1.95 bits per heavy atom. The van der Waals surface area contributed by atoms with Crippen LogP contribution in [0.15, 0.2) is 23.8 Å². The van der Waals surface area contributed by atoms with Crippen molar-refractivity contribution in [2.75, 3.05) is 0 Å². The molecule has 0 saturated carbocycles. The van der Waals surface area contributed by atoms with E-state index in [9.17, 15) is 5.41 Å². The SMILES string of the molecule is C=C(C)[C@H]1CC=C(C(O[Si](C)(C)C)C(C)=[N-])CC1.[Br-].[Mg+2]. The molecule has 0 spiro atoms. The summed E-state index contributed by atoms with van der Waals surface area (Å²) in [6, 6.07) is 0. The second kappa shape index (κ2) is 9.56. The standard InChI is InChI=1S/C15H26NOSi.BrH.Mg/c1-11(2)13-7-9-14(10-8-13)15(12(3)16)17-18(4,5)6;;/h9,13,15H,1,7-8,10H2,2-6H3;1H;/q-1;;+2/p-1/t13-,15?;;/m0../s1. The Morgan fingerprint density at radius 3 is 2.25 bits per heavy atom. The van der Waals surface area contributed by atoms with Crippen LogP contribution in [0, 0.1) is 5.92 Å². The van der Waals surface area contributed by atoms with Crippen molar-refractivity contribution in [3.63, 3.8) is 0 Å². The minimum atomic E-state index is -1.65. The predicted octanol–water partition coefficient (Wildman–Crippen LogP) is 1.16. The summed E-state index contributed by atoms with van der Waals surface area (Å²) in [5.41, 5.74) is 2.89. The Kier molecular flexibility index (Phi) is 10.9. The van der Waals surface area contributed by atoms with Crippen LogP contribution in [0.25, 0.3) is 5.41 Å². The molecule has 0 aromatic carbocycles. The molecule has 0 aromatic heterocycles. The summed E-state index contributed by atoms with van der Waals surface area (Å²) in [7, 11) is -1.65. The third kappa shape index (κ3) is 7.54. The average molecular weight is 369 g/mol. The molecule has 0 saturated heterocycles. The molecule has 0 amide bonds. The first-order valence-corrected chi connectivity index (χ1v) is 10.2. The van der Waals surface area contributed by atoms with Crippen LogP contribution < -0.4 is 17.0 Å². The van der Waals surface area contributed by atoms with Crippen molar-refractivity contribution in [2.24, 2.45) is 5.92 Å². The van der Waals surface area contributed by atoms with E-state index in [0.717, 1.165) is 19.3 Å². The van der Waals surface area contributed by atoms with Gasteiger partial charge >= 0.3 is 23.1 Å². The number of halogens is 1. The maximum Gasteiger partial charge on any atom is 2.00 e. The Morgan fingerprint density at radius 1 is 1.40 bits per heavy atom. The molecule has 1 rings (SSSR count). The van der Waals surface area contributed by atoms with Crippen LogP contribution in [0.1, 0.15) is 33.1 Å². The van der Waals surface area contributed by atoms with Crippen LogP contribution in [-0.2, 0) is 4.43 Å². The fourth-order valence-corrected chi connectivity index (χ4v) is 3.35. The Hall–Kier alpha value is 0.573. The van der Waals surface area contributed by atoms with Gasteiger partial charge in [0, 0.05) is 0 Å². The van der Waals surface area contributed by atoms with Gasteiger partial charge in [0.1, 0.15) is 0 Å². The van der Waals surface area contributed by atoms with Crippen LogP contribution >= 0.6 is 0 Å². The van der Waals surface area contributed by atoms with E-state index in [-0.39, 0.29) is 46.1 Å². The molecule has 1 unspecified atom stereocenters. The fraction of sp³-hybridized carbons (Fsp3) is 0.667. The zero-order valence-electron chi connectivity index (χ0n) is 13.5. The van der Waals surface area contributed by atoms with Crippen LogP contribution in [0.4, 0.5) is 0 Å². The molecule has 110 valence electrons. The average Bonchev–Trinajstić information content (AvgIpc) is 2.24. The van der Waals surface area contributed by atoms with Crippen molar-refractivity contribution in [2.45, 2.75) is 58.9 Å². The molecule has 1 aliphatic rings.